The summed E-state index contributed by atoms with van der Waals surface area (Å²) >= 11 is 5.95. The molecule has 1 aliphatic rings. The molecule has 1 aromatic rings. The molecular weight excluding hydrogens is 272 g/mol. The third kappa shape index (κ3) is 4.74. The zero-order valence-electron chi connectivity index (χ0n) is 12.2. The second-order valence-electron chi connectivity index (χ2n) is 5.55. The van der Waals surface area contributed by atoms with Crippen molar-refractivity contribution in [3.63, 3.8) is 0 Å². The maximum absolute atomic E-state index is 9.72. The normalized spacial score (nSPS) is 21.9. The predicted octanol–water partition coefficient (Wildman–Crippen LogP) is 2.84. The molecule has 1 heterocycles. The summed E-state index contributed by atoms with van der Waals surface area (Å²) in [5, 5.41) is 14.0. The van der Waals surface area contributed by atoms with Gasteiger partial charge >= 0.3 is 0 Å². The molecule has 1 aliphatic heterocycles. The van der Waals surface area contributed by atoms with Crippen LogP contribution >= 0.6 is 11.6 Å². The molecule has 0 saturated carbocycles. The Hall–Kier alpha value is -0.610. The van der Waals surface area contributed by atoms with Gasteiger partial charge in [-0.1, -0.05) is 30.7 Å². The molecule has 4 heteroatoms. The highest BCUT2D eigenvalue weighted by Gasteiger charge is 2.19. The molecule has 20 heavy (non-hydrogen) atoms. The maximum Gasteiger partial charge on any atom is 0.0667 e. The number of β-amino-alcohol motifs (C(OH)–C–C–N with tert-alkyl or cyclic N) is 1. The van der Waals surface area contributed by atoms with Crippen molar-refractivity contribution in [2.24, 2.45) is 0 Å². The van der Waals surface area contributed by atoms with Crippen LogP contribution in [0.25, 0.3) is 0 Å². The van der Waals surface area contributed by atoms with Crippen molar-refractivity contribution in [1.82, 2.24) is 10.2 Å². The molecule has 0 radical (unpaired) electrons. The number of halogens is 1. The number of aliphatic hydroxyl groups is 1. The van der Waals surface area contributed by atoms with E-state index in [1.165, 1.54) is 5.56 Å². The SMILES string of the molecule is CCNC(CCN1CCCC(O)C1)c1ccc(Cl)cc1. The van der Waals surface area contributed by atoms with Gasteiger partial charge in [-0.2, -0.15) is 0 Å². The standard InChI is InChI=1S/C16H25ClN2O/c1-2-18-16(13-5-7-14(17)8-6-13)9-11-19-10-3-4-15(20)12-19/h5-8,15-16,18,20H,2-4,9-12H2,1H3. The summed E-state index contributed by atoms with van der Waals surface area (Å²) in [6.07, 6.45) is 2.97. The van der Waals surface area contributed by atoms with Gasteiger partial charge in [-0.05, 0) is 50.0 Å². The topological polar surface area (TPSA) is 35.5 Å². The minimum absolute atomic E-state index is 0.142. The van der Waals surface area contributed by atoms with Crippen LogP contribution < -0.4 is 5.32 Å². The molecule has 0 aliphatic carbocycles. The van der Waals surface area contributed by atoms with Crippen LogP contribution in [0.5, 0.6) is 0 Å². The number of nitrogens with zero attached hydrogens (tertiary/aromatic N) is 1. The summed E-state index contributed by atoms with van der Waals surface area (Å²) in [5.74, 6) is 0. The Morgan fingerprint density at radius 1 is 1.40 bits per heavy atom. The van der Waals surface area contributed by atoms with Gasteiger partial charge in [-0.25, -0.2) is 0 Å². The molecule has 2 N–H and O–H groups in total. The van der Waals surface area contributed by atoms with Crippen molar-refractivity contribution in [1.29, 1.82) is 0 Å². The van der Waals surface area contributed by atoms with Crippen LogP contribution in [-0.2, 0) is 0 Å². The van der Waals surface area contributed by atoms with E-state index in [0.717, 1.165) is 50.5 Å². The van der Waals surface area contributed by atoms with Crippen molar-refractivity contribution in [2.45, 2.75) is 38.3 Å². The second kappa shape index (κ2) is 7.99. The fraction of sp³-hybridized carbons (Fsp3) is 0.625. The molecule has 112 valence electrons. The minimum atomic E-state index is -0.142. The van der Waals surface area contributed by atoms with E-state index < -0.39 is 0 Å². The molecule has 0 bridgehead atoms. The van der Waals surface area contributed by atoms with E-state index in [2.05, 4.69) is 29.3 Å². The Labute approximate surface area is 126 Å². The van der Waals surface area contributed by atoms with Crippen molar-refractivity contribution in [3.05, 3.63) is 34.9 Å². The average molecular weight is 297 g/mol. The number of benzene rings is 1. The first kappa shape index (κ1) is 15.8. The van der Waals surface area contributed by atoms with Crippen LogP contribution in [0, 0.1) is 0 Å². The molecule has 1 aromatic carbocycles. The van der Waals surface area contributed by atoms with Crippen LogP contribution in [0.1, 0.15) is 37.8 Å². The summed E-state index contributed by atoms with van der Waals surface area (Å²) in [4.78, 5) is 2.37. The average Bonchev–Trinajstić information content (AvgIpc) is 2.44. The summed E-state index contributed by atoms with van der Waals surface area (Å²) in [6, 6.07) is 8.45. The van der Waals surface area contributed by atoms with Gasteiger partial charge in [-0.3, -0.25) is 0 Å². The first-order chi connectivity index (χ1) is 9.69. The first-order valence-corrected chi connectivity index (χ1v) is 7.96. The third-order valence-corrected chi connectivity index (χ3v) is 4.19. The zero-order chi connectivity index (χ0) is 14.4. The van der Waals surface area contributed by atoms with Crippen molar-refractivity contribution >= 4 is 11.6 Å². The van der Waals surface area contributed by atoms with E-state index in [4.69, 9.17) is 11.6 Å². The number of aliphatic hydroxyl groups excluding tert-OH is 1. The lowest BCUT2D eigenvalue weighted by molar-refractivity contribution is 0.0685. The molecule has 1 saturated heterocycles. The van der Waals surface area contributed by atoms with Gasteiger partial charge in [0.25, 0.3) is 0 Å². The lowest BCUT2D eigenvalue weighted by Gasteiger charge is -2.31. The molecule has 3 nitrogen and oxygen atoms in total. The monoisotopic (exact) mass is 296 g/mol. The van der Waals surface area contributed by atoms with Gasteiger partial charge in [0.15, 0.2) is 0 Å². The molecule has 2 rings (SSSR count). The predicted molar refractivity (Wildman–Crippen MR) is 84.2 cm³/mol. The number of rotatable bonds is 6. The van der Waals surface area contributed by atoms with E-state index >= 15 is 0 Å². The van der Waals surface area contributed by atoms with Crippen LogP contribution in [0.4, 0.5) is 0 Å². The Balaban J connectivity index is 1.90. The van der Waals surface area contributed by atoms with E-state index in [0.29, 0.717) is 6.04 Å². The second-order valence-corrected chi connectivity index (χ2v) is 5.98. The van der Waals surface area contributed by atoms with Gasteiger partial charge in [0, 0.05) is 24.2 Å². The smallest absolute Gasteiger partial charge is 0.0667 e. The lowest BCUT2D eigenvalue weighted by Crippen LogP contribution is -2.39. The number of likely N-dealkylation sites (tertiary alicyclic amines) is 1. The third-order valence-electron chi connectivity index (χ3n) is 3.94. The molecule has 0 spiro atoms. The van der Waals surface area contributed by atoms with Crippen molar-refractivity contribution in [2.75, 3.05) is 26.2 Å². The van der Waals surface area contributed by atoms with Gasteiger partial charge in [-0.15, -0.1) is 0 Å². The summed E-state index contributed by atoms with van der Waals surface area (Å²) in [6.45, 7) is 6.04. The fourth-order valence-electron chi connectivity index (χ4n) is 2.87. The van der Waals surface area contributed by atoms with Gasteiger partial charge in [0.05, 0.1) is 6.10 Å². The molecule has 2 atom stereocenters. The van der Waals surface area contributed by atoms with E-state index in [1.807, 2.05) is 12.1 Å². The molecule has 2 unspecified atom stereocenters. The number of nitrogens with one attached hydrogen (secondary N) is 1. The Kier molecular flexibility index (Phi) is 6.30. The van der Waals surface area contributed by atoms with Gasteiger partial charge < -0.3 is 15.3 Å². The summed E-state index contributed by atoms with van der Waals surface area (Å²) < 4.78 is 0. The van der Waals surface area contributed by atoms with Crippen molar-refractivity contribution < 1.29 is 5.11 Å². The van der Waals surface area contributed by atoms with Gasteiger partial charge in [0.1, 0.15) is 0 Å². The highest BCUT2D eigenvalue weighted by atomic mass is 35.5. The first-order valence-electron chi connectivity index (χ1n) is 7.58. The van der Waals surface area contributed by atoms with E-state index in [1.54, 1.807) is 0 Å². The number of hydrogen-bond acceptors (Lipinski definition) is 3. The van der Waals surface area contributed by atoms with Crippen molar-refractivity contribution in [3.8, 4) is 0 Å². The Morgan fingerprint density at radius 2 is 2.15 bits per heavy atom. The highest BCUT2D eigenvalue weighted by molar-refractivity contribution is 6.30. The quantitative estimate of drug-likeness (QED) is 0.847. The minimum Gasteiger partial charge on any atom is -0.392 e. The van der Waals surface area contributed by atoms with Gasteiger partial charge in [0.2, 0.25) is 0 Å². The molecule has 1 fully saturated rings. The Bertz CT molecular complexity index is 396. The summed E-state index contributed by atoms with van der Waals surface area (Å²) in [7, 11) is 0. The van der Waals surface area contributed by atoms with Crippen LogP contribution in [0.15, 0.2) is 24.3 Å². The Morgan fingerprint density at radius 3 is 2.80 bits per heavy atom. The van der Waals surface area contributed by atoms with Crippen LogP contribution in [0.2, 0.25) is 5.02 Å². The lowest BCUT2D eigenvalue weighted by atomic mass is 10.0. The maximum atomic E-state index is 9.72. The summed E-state index contributed by atoms with van der Waals surface area (Å²) in [5.41, 5.74) is 1.29. The molecule has 0 aromatic heterocycles. The number of piperidine rings is 1. The zero-order valence-corrected chi connectivity index (χ0v) is 12.9. The van der Waals surface area contributed by atoms with Crippen LogP contribution in [0.3, 0.4) is 0 Å². The fourth-order valence-corrected chi connectivity index (χ4v) is 3.00. The van der Waals surface area contributed by atoms with E-state index in [9.17, 15) is 5.11 Å². The largest absolute Gasteiger partial charge is 0.392 e. The molecular formula is C16H25ClN2O. The highest BCUT2D eigenvalue weighted by Crippen LogP contribution is 2.20. The number of hydrogen-bond donors (Lipinski definition) is 2. The van der Waals surface area contributed by atoms with E-state index in [-0.39, 0.29) is 6.10 Å². The van der Waals surface area contributed by atoms with Crippen LogP contribution in [-0.4, -0.2) is 42.3 Å². The molecule has 0 amide bonds.